The van der Waals surface area contributed by atoms with E-state index in [0.717, 1.165) is 0 Å². The summed E-state index contributed by atoms with van der Waals surface area (Å²) in [6.45, 7) is 14.0. The highest BCUT2D eigenvalue weighted by molar-refractivity contribution is 7.23. The van der Waals surface area contributed by atoms with Crippen LogP contribution < -0.4 is 0 Å². The molecule has 0 aliphatic heterocycles. The van der Waals surface area contributed by atoms with E-state index in [0.29, 0.717) is 0 Å². The standard InChI is InChI=1S/C48H38S/c1-47(2,3)38-18-12-10-16-29(38)33-24-35-36-26-40(27-14-8-7-9-15-27)49-46(36)37-25-34(30-17-11-13-19-39(30)48(4,5)6)32-23-21-28-20-22-31(33)42-41(28)43(32)45(37)44(35)42/h7-26H,1-6H3. The Morgan fingerprint density at radius 1 is 0.388 bits per heavy atom. The second-order valence-electron chi connectivity index (χ2n) is 16.1. The average molecular weight is 647 g/mol. The zero-order chi connectivity index (χ0) is 33.4. The van der Waals surface area contributed by atoms with Crippen molar-refractivity contribution in [1.82, 2.24) is 0 Å². The van der Waals surface area contributed by atoms with Crippen molar-refractivity contribution in [1.29, 1.82) is 0 Å². The van der Waals surface area contributed by atoms with Gasteiger partial charge in [-0.25, -0.2) is 0 Å². The first kappa shape index (κ1) is 29.0. The van der Waals surface area contributed by atoms with Gasteiger partial charge in [0, 0.05) is 25.7 Å². The van der Waals surface area contributed by atoms with Crippen molar-refractivity contribution in [2.45, 2.75) is 52.4 Å². The van der Waals surface area contributed by atoms with Crippen LogP contribution in [0.5, 0.6) is 0 Å². The quantitative estimate of drug-likeness (QED) is 0.168. The Labute approximate surface area is 291 Å². The van der Waals surface area contributed by atoms with E-state index in [1.54, 1.807) is 0 Å². The topological polar surface area (TPSA) is 0 Å². The summed E-state index contributed by atoms with van der Waals surface area (Å²) in [5.41, 5.74) is 9.45. The lowest BCUT2D eigenvalue weighted by Gasteiger charge is -2.24. The molecule has 1 heterocycles. The van der Waals surface area contributed by atoms with Gasteiger partial charge in [0.05, 0.1) is 0 Å². The molecule has 0 saturated heterocycles. The maximum absolute atomic E-state index is 2.54. The molecule has 0 aliphatic carbocycles. The van der Waals surface area contributed by atoms with Crippen molar-refractivity contribution in [3.63, 3.8) is 0 Å². The molecule has 9 aromatic carbocycles. The molecule has 49 heavy (non-hydrogen) atoms. The number of benzene rings is 8. The third-order valence-corrected chi connectivity index (χ3v) is 12.2. The number of rotatable bonds is 3. The number of hydrogen-bond acceptors (Lipinski definition) is 1. The summed E-state index contributed by atoms with van der Waals surface area (Å²) in [6.07, 6.45) is 0. The summed E-state index contributed by atoms with van der Waals surface area (Å²) >= 11 is 1.95. The normalized spacial score (nSPS) is 13.1. The van der Waals surface area contributed by atoms with E-state index in [1.165, 1.54) is 108 Å². The van der Waals surface area contributed by atoms with E-state index in [4.69, 9.17) is 0 Å². The van der Waals surface area contributed by atoms with Crippen LogP contribution >= 0.6 is 11.3 Å². The van der Waals surface area contributed by atoms with Crippen LogP contribution in [0.4, 0.5) is 0 Å². The van der Waals surface area contributed by atoms with Gasteiger partial charge in [0.25, 0.3) is 0 Å². The molecule has 0 atom stereocenters. The fourth-order valence-electron chi connectivity index (χ4n) is 8.88. The van der Waals surface area contributed by atoms with Gasteiger partial charge in [0.1, 0.15) is 0 Å². The van der Waals surface area contributed by atoms with Gasteiger partial charge in [0.15, 0.2) is 0 Å². The van der Waals surface area contributed by atoms with Crippen molar-refractivity contribution in [3.8, 4) is 32.7 Å². The van der Waals surface area contributed by atoms with Crippen LogP contribution in [-0.4, -0.2) is 0 Å². The second kappa shape index (κ2) is 9.80. The van der Waals surface area contributed by atoms with Gasteiger partial charge in [0.2, 0.25) is 0 Å². The summed E-state index contributed by atoms with van der Waals surface area (Å²) in [4.78, 5) is 1.32. The van der Waals surface area contributed by atoms with Crippen LogP contribution in [0.1, 0.15) is 52.7 Å². The second-order valence-corrected chi connectivity index (χ2v) is 17.1. The van der Waals surface area contributed by atoms with E-state index < -0.39 is 0 Å². The van der Waals surface area contributed by atoms with Crippen molar-refractivity contribution in [2.75, 3.05) is 0 Å². The molecule has 0 radical (unpaired) electrons. The van der Waals surface area contributed by atoms with Crippen LogP contribution in [0.25, 0.3) is 96.6 Å². The molecular formula is C48H38S. The Morgan fingerprint density at radius 3 is 1.45 bits per heavy atom. The molecule has 10 aromatic rings. The SMILES string of the molecule is CC(C)(C)c1ccccc1-c1cc2c3cc(-c4ccccc4)sc3c3cc(-c4ccccc4C(C)(C)C)c4ccc5ccc1c1c5c4c3c21. The van der Waals surface area contributed by atoms with Crippen molar-refractivity contribution in [2.24, 2.45) is 0 Å². The maximum Gasteiger partial charge on any atom is 0.0434 e. The van der Waals surface area contributed by atoms with Crippen molar-refractivity contribution in [3.05, 3.63) is 132 Å². The molecule has 1 heteroatoms. The van der Waals surface area contributed by atoms with Gasteiger partial charge < -0.3 is 0 Å². The smallest absolute Gasteiger partial charge is 0.0434 e. The van der Waals surface area contributed by atoms with Gasteiger partial charge in [-0.2, -0.15) is 0 Å². The molecule has 0 aliphatic rings. The summed E-state index contributed by atoms with van der Waals surface area (Å²) in [7, 11) is 0. The lowest BCUT2D eigenvalue weighted by Crippen LogP contribution is -2.12. The molecule has 0 spiro atoms. The third-order valence-electron chi connectivity index (χ3n) is 11.0. The predicted octanol–water partition coefficient (Wildman–Crippen LogP) is 14.6. The van der Waals surface area contributed by atoms with E-state index in [9.17, 15) is 0 Å². The Kier molecular flexibility index (Phi) is 5.80. The molecule has 0 unspecified atom stereocenters. The number of thiophene rings is 1. The first-order valence-corrected chi connectivity index (χ1v) is 18.3. The minimum absolute atomic E-state index is 0.0165. The first-order valence-electron chi connectivity index (χ1n) is 17.5. The van der Waals surface area contributed by atoms with Crippen molar-refractivity contribution >= 4 is 75.3 Å². The average Bonchev–Trinajstić information content (AvgIpc) is 3.71. The Bertz CT molecular complexity index is 2700. The van der Waals surface area contributed by atoms with Gasteiger partial charge in [-0.3, -0.25) is 0 Å². The molecule has 0 nitrogen and oxygen atoms in total. The van der Waals surface area contributed by atoms with Gasteiger partial charge in [-0.05, 0) is 111 Å². The number of hydrogen-bond donors (Lipinski definition) is 0. The highest BCUT2D eigenvalue weighted by Gasteiger charge is 2.29. The van der Waals surface area contributed by atoms with Crippen LogP contribution in [0.3, 0.4) is 0 Å². The monoisotopic (exact) mass is 646 g/mol. The molecule has 0 amide bonds. The molecular weight excluding hydrogens is 609 g/mol. The summed E-state index contributed by atoms with van der Waals surface area (Å²) in [5, 5.41) is 15.3. The Balaban J connectivity index is 1.46. The molecule has 10 rings (SSSR count). The van der Waals surface area contributed by atoms with Crippen LogP contribution in [-0.2, 0) is 10.8 Å². The minimum Gasteiger partial charge on any atom is -0.135 e. The third kappa shape index (κ3) is 3.97. The number of fused-ring (bicyclic) bond motifs is 3. The largest absolute Gasteiger partial charge is 0.135 e. The van der Waals surface area contributed by atoms with Crippen LogP contribution in [0.2, 0.25) is 0 Å². The van der Waals surface area contributed by atoms with Crippen LogP contribution in [0.15, 0.2) is 121 Å². The molecule has 1 aromatic heterocycles. The Hall–Kier alpha value is -4.98. The first-order chi connectivity index (χ1) is 23.6. The molecule has 236 valence electrons. The van der Waals surface area contributed by atoms with Gasteiger partial charge in [-0.15, -0.1) is 11.3 Å². The zero-order valence-corrected chi connectivity index (χ0v) is 29.8. The van der Waals surface area contributed by atoms with E-state index >= 15 is 0 Å². The molecule has 0 saturated carbocycles. The minimum atomic E-state index is 0.0165. The summed E-state index contributed by atoms with van der Waals surface area (Å²) in [6, 6.07) is 46.2. The fraction of sp³-hybridized carbons (Fsp3) is 0.167. The summed E-state index contributed by atoms with van der Waals surface area (Å²) < 4.78 is 1.39. The van der Waals surface area contributed by atoms with Crippen LogP contribution in [0, 0.1) is 0 Å². The van der Waals surface area contributed by atoms with Gasteiger partial charge in [-0.1, -0.05) is 145 Å². The predicted molar refractivity (Wildman–Crippen MR) is 217 cm³/mol. The molecule has 0 N–H and O–H groups in total. The Morgan fingerprint density at radius 2 is 0.878 bits per heavy atom. The lowest BCUT2D eigenvalue weighted by atomic mass is 9.80. The van der Waals surface area contributed by atoms with Crippen molar-refractivity contribution < 1.29 is 0 Å². The maximum atomic E-state index is 2.54. The molecule has 0 bridgehead atoms. The highest BCUT2D eigenvalue weighted by Crippen LogP contribution is 2.56. The summed E-state index contributed by atoms with van der Waals surface area (Å²) in [5.74, 6) is 0. The molecule has 0 fully saturated rings. The zero-order valence-electron chi connectivity index (χ0n) is 29.0. The van der Waals surface area contributed by atoms with E-state index in [1.807, 2.05) is 11.3 Å². The van der Waals surface area contributed by atoms with E-state index in [2.05, 4.69) is 163 Å². The van der Waals surface area contributed by atoms with Gasteiger partial charge >= 0.3 is 0 Å². The lowest BCUT2D eigenvalue weighted by molar-refractivity contribution is 0.592. The van der Waals surface area contributed by atoms with E-state index in [-0.39, 0.29) is 10.8 Å². The highest BCUT2D eigenvalue weighted by atomic mass is 32.1. The fourth-order valence-corrected chi connectivity index (χ4v) is 10.1.